The maximum Gasteiger partial charge on any atom is 0.461 e. The Morgan fingerprint density at radius 3 is 2.55 bits per heavy atom. The van der Waals surface area contributed by atoms with Gasteiger partial charge in [0.15, 0.2) is 0 Å². The first-order chi connectivity index (χ1) is 5.06. The molecule has 0 saturated carbocycles. The molecule has 68 valence electrons. The number of rotatable bonds is 6. The highest BCUT2D eigenvalue weighted by Crippen LogP contribution is 2.53. The highest BCUT2D eigenvalue weighted by Gasteiger charge is 2.15. The third-order valence-corrected chi connectivity index (χ3v) is 2.02. The predicted molar refractivity (Wildman–Crippen MR) is 44.7 cm³/mol. The van der Waals surface area contributed by atoms with Gasteiger partial charge in [0, 0.05) is 11.2 Å². The SMILES string of the molecule is CCCCCCOP(=O)(F)Cl. The molecule has 0 aromatic heterocycles. The molecular weight excluding hydrogens is 189 g/mol. The van der Waals surface area contributed by atoms with Crippen molar-refractivity contribution in [1.82, 2.24) is 0 Å². The Morgan fingerprint density at radius 1 is 1.45 bits per heavy atom. The molecule has 0 aromatic rings. The van der Waals surface area contributed by atoms with Gasteiger partial charge in [0.1, 0.15) is 0 Å². The summed E-state index contributed by atoms with van der Waals surface area (Å²) < 4.78 is 26.4. The van der Waals surface area contributed by atoms with Crippen LogP contribution < -0.4 is 0 Å². The number of halogens is 2. The second-order valence-corrected chi connectivity index (χ2v) is 4.61. The first kappa shape index (κ1) is 11.4. The molecule has 0 aliphatic rings. The van der Waals surface area contributed by atoms with Crippen molar-refractivity contribution in [2.45, 2.75) is 32.6 Å². The van der Waals surface area contributed by atoms with E-state index in [1.54, 1.807) is 0 Å². The Morgan fingerprint density at radius 2 is 2.09 bits per heavy atom. The minimum absolute atomic E-state index is 0.150. The molecule has 0 aromatic carbocycles. The lowest BCUT2D eigenvalue weighted by Crippen LogP contribution is -1.87. The summed E-state index contributed by atoms with van der Waals surface area (Å²) in [7, 11) is -4.24. The summed E-state index contributed by atoms with van der Waals surface area (Å²) in [5.41, 5.74) is 0. The zero-order valence-corrected chi connectivity index (χ0v) is 8.21. The fourth-order valence-corrected chi connectivity index (χ4v) is 1.25. The van der Waals surface area contributed by atoms with E-state index in [2.05, 4.69) is 11.4 Å². The Balaban J connectivity index is 3.09. The molecule has 0 bridgehead atoms. The zero-order valence-electron chi connectivity index (χ0n) is 6.56. The second kappa shape index (κ2) is 5.99. The normalized spacial score (nSPS) is 16.3. The molecular formula is C6H13ClFO2P. The van der Waals surface area contributed by atoms with Gasteiger partial charge in [-0.1, -0.05) is 26.2 Å². The molecule has 0 heterocycles. The van der Waals surface area contributed by atoms with Crippen molar-refractivity contribution in [3.05, 3.63) is 0 Å². The lowest BCUT2D eigenvalue weighted by molar-refractivity contribution is 0.290. The van der Waals surface area contributed by atoms with Gasteiger partial charge in [0.25, 0.3) is 0 Å². The van der Waals surface area contributed by atoms with E-state index < -0.39 is 7.03 Å². The summed E-state index contributed by atoms with van der Waals surface area (Å²) in [6, 6.07) is 0. The van der Waals surface area contributed by atoms with Gasteiger partial charge in [-0.15, -0.1) is 4.20 Å². The first-order valence-electron chi connectivity index (χ1n) is 3.70. The minimum atomic E-state index is -4.24. The van der Waals surface area contributed by atoms with Crippen LogP contribution in [0.2, 0.25) is 0 Å². The van der Waals surface area contributed by atoms with Gasteiger partial charge in [0.05, 0.1) is 6.61 Å². The van der Waals surface area contributed by atoms with E-state index in [-0.39, 0.29) is 6.61 Å². The summed E-state index contributed by atoms with van der Waals surface area (Å²) in [4.78, 5) is 0. The van der Waals surface area contributed by atoms with Crippen molar-refractivity contribution in [3.8, 4) is 0 Å². The molecule has 0 rings (SSSR count). The van der Waals surface area contributed by atoms with Crippen LogP contribution in [0.5, 0.6) is 0 Å². The number of hydrogen-bond acceptors (Lipinski definition) is 2. The van der Waals surface area contributed by atoms with Gasteiger partial charge in [-0.3, -0.25) is 4.52 Å². The zero-order chi connectivity index (χ0) is 8.74. The average Bonchev–Trinajstić information content (AvgIpc) is 1.85. The summed E-state index contributed by atoms with van der Waals surface area (Å²) in [6.07, 6.45) is 3.87. The average molecular weight is 203 g/mol. The van der Waals surface area contributed by atoms with E-state index in [1.807, 2.05) is 0 Å². The fraction of sp³-hybridized carbons (Fsp3) is 1.00. The largest absolute Gasteiger partial charge is 0.461 e. The fourth-order valence-electron chi connectivity index (χ4n) is 0.700. The maximum atomic E-state index is 12.0. The predicted octanol–water partition coefficient (Wildman–Crippen LogP) is 3.90. The molecule has 1 atom stereocenters. The first-order valence-corrected chi connectivity index (χ1v) is 6.12. The van der Waals surface area contributed by atoms with E-state index in [1.165, 1.54) is 0 Å². The molecule has 5 heteroatoms. The van der Waals surface area contributed by atoms with Crippen LogP contribution in [-0.2, 0) is 9.09 Å². The highest BCUT2D eigenvalue weighted by atomic mass is 35.7. The van der Waals surface area contributed by atoms with Gasteiger partial charge in [-0.2, -0.15) is 0 Å². The molecule has 0 aliphatic heterocycles. The summed E-state index contributed by atoms with van der Waals surface area (Å²) in [5, 5.41) is 0. The van der Waals surface area contributed by atoms with Crippen LogP contribution in [0, 0.1) is 0 Å². The topological polar surface area (TPSA) is 26.3 Å². The Hall–Kier alpha value is 0.410. The van der Waals surface area contributed by atoms with E-state index in [0.717, 1.165) is 19.3 Å². The van der Waals surface area contributed by atoms with Crippen LogP contribution in [-0.4, -0.2) is 6.61 Å². The Labute approximate surface area is 71.4 Å². The molecule has 0 spiro atoms. The van der Waals surface area contributed by atoms with Crippen molar-refractivity contribution in [2.75, 3.05) is 6.61 Å². The van der Waals surface area contributed by atoms with E-state index in [9.17, 15) is 8.76 Å². The lowest BCUT2D eigenvalue weighted by atomic mass is 10.2. The van der Waals surface area contributed by atoms with Crippen molar-refractivity contribution in [1.29, 1.82) is 0 Å². The lowest BCUT2D eigenvalue weighted by Gasteiger charge is -2.01. The van der Waals surface area contributed by atoms with Gasteiger partial charge in [0.2, 0.25) is 0 Å². The summed E-state index contributed by atoms with van der Waals surface area (Å²) in [5.74, 6) is 0. The monoisotopic (exact) mass is 202 g/mol. The highest BCUT2D eigenvalue weighted by molar-refractivity contribution is 7.81. The van der Waals surface area contributed by atoms with Crippen LogP contribution in [0.25, 0.3) is 0 Å². The molecule has 0 amide bonds. The van der Waals surface area contributed by atoms with Crippen LogP contribution in [0.4, 0.5) is 4.20 Å². The molecule has 0 aliphatic carbocycles. The third kappa shape index (κ3) is 10.4. The van der Waals surface area contributed by atoms with Gasteiger partial charge in [-0.05, 0) is 6.42 Å². The standard InChI is InChI=1S/C6H13ClFO2P/c1-2-3-4-5-6-10-11(7,8)9/h2-6H2,1H3. The van der Waals surface area contributed by atoms with Gasteiger partial charge >= 0.3 is 7.03 Å². The van der Waals surface area contributed by atoms with Gasteiger partial charge < -0.3 is 0 Å². The second-order valence-electron chi connectivity index (χ2n) is 2.31. The molecule has 11 heavy (non-hydrogen) atoms. The van der Waals surface area contributed by atoms with Crippen molar-refractivity contribution in [2.24, 2.45) is 0 Å². The van der Waals surface area contributed by atoms with E-state index >= 15 is 0 Å². The summed E-state index contributed by atoms with van der Waals surface area (Å²) in [6.45, 7) is 2.22. The quantitative estimate of drug-likeness (QED) is 0.482. The van der Waals surface area contributed by atoms with Crippen LogP contribution in [0.1, 0.15) is 32.6 Å². The van der Waals surface area contributed by atoms with E-state index in [4.69, 9.17) is 11.2 Å². The van der Waals surface area contributed by atoms with Gasteiger partial charge in [-0.25, -0.2) is 4.57 Å². The molecule has 1 unspecified atom stereocenters. The molecule has 0 N–H and O–H groups in total. The molecule has 0 fully saturated rings. The third-order valence-electron chi connectivity index (χ3n) is 1.24. The Kier molecular flexibility index (Phi) is 6.21. The van der Waals surface area contributed by atoms with E-state index in [0.29, 0.717) is 6.42 Å². The maximum absolute atomic E-state index is 12.0. The Bertz CT molecular complexity index is 137. The van der Waals surface area contributed by atoms with Crippen LogP contribution >= 0.6 is 18.3 Å². The number of hydrogen-bond donors (Lipinski definition) is 0. The van der Waals surface area contributed by atoms with Crippen LogP contribution in [0.3, 0.4) is 0 Å². The van der Waals surface area contributed by atoms with Crippen molar-refractivity contribution >= 4 is 18.3 Å². The molecule has 0 saturated heterocycles. The summed E-state index contributed by atoms with van der Waals surface area (Å²) >= 11 is 4.71. The van der Waals surface area contributed by atoms with Crippen molar-refractivity contribution in [3.63, 3.8) is 0 Å². The van der Waals surface area contributed by atoms with Crippen molar-refractivity contribution < 1.29 is 13.3 Å². The minimum Gasteiger partial charge on any atom is -0.294 e. The number of unbranched alkanes of at least 4 members (excludes halogenated alkanes) is 3. The van der Waals surface area contributed by atoms with Crippen LogP contribution in [0.15, 0.2) is 0 Å². The molecule has 0 radical (unpaired) electrons. The molecule has 2 nitrogen and oxygen atoms in total. The smallest absolute Gasteiger partial charge is 0.294 e.